The van der Waals surface area contributed by atoms with Gasteiger partial charge in [0.1, 0.15) is 17.3 Å². The minimum atomic E-state index is 0.610. The van der Waals surface area contributed by atoms with Gasteiger partial charge >= 0.3 is 0 Å². The molecule has 0 amide bonds. The molecule has 124 valence electrons. The molecule has 1 N–H and O–H groups in total. The molecule has 0 bridgehead atoms. The van der Waals surface area contributed by atoms with E-state index in [9.17, 15) is 0 Å². The van der Waals surface area contributed by atoms with Gasteiger partial charge in [0, 0.05) is 18.0 Å². The van der Waals surface area contributed by atoms with Gasteiger partial charge in [0.2, 0.25) is 0 Å². The number of aromatic nitrogens is 3. The Bertz CT molecular complexity index is 922. The fraction of sp³-hybridized carbons (Fsp3) is 0.500. The summed E-state index contributed by atoms with van der Waals surface area (Å²) in [6.45, 7) is 5.40. The van der Waals surface area contributed by atoms with E-state index in [1.165, 1.54) is 54.0 Å². The van der Waals surface area contributed by atoms with Gasteiger partial charge in [-0.3, -0.25) is 0 Å². The first-order valence-corrected chi connectivity index (χ1v) is 9.32. The highest BCUT2D eigenvalue weighted by Crippen LogP contribution is 2.45. The van der Waals surface area contributed by atoms with Gasteiger partial charge in [-0.15, -0.1) is 0 Å². The number of para-hydroxylation sites is 1. The first-order chi connectivity index (χ1) is 11.8. The summed E-state index contributed by atoms with van der Waals surface area (Å²) in [5.74, 6) is 2.73. The second kappa shape index (κ2) is 5.20. The van der Waals surface area contributed by atoms with Crippen LogP contribution >= 0.6 is 0 Å². The zero-order valence-corrected chi connectivity index (χ0v) is 14.5. The number of nitrogens with zero attached hydrogens (tertiary/aromatic N) is 3. The predicted molar refractivity (Wildman–Crippen MR) is 98.8 cm³/mol. The van der Waals surface area contributed by atoms with Crippen molar-refractivity contribution in [3.05, 3.63) is 29.6 Å². The van der Waals surface area contributed by atoms with Gasteiger partial charge in [-0.2, -0.15) is 0 Å². The molecule has 1 unspecified atom stereocenters. The molecule has 1 saturated heterocycles. The van der Waals surface area contributed by atoms with Crippen molar-refractivity contribution in [1.29, 1.82) is 0 Å². The summed E-state index contributed by atoms with van der Waals surface area (Å²) in [5.41, 5.74) is 3.74. The maximum absolute atomic E-state index is 4.89. The fourth-order valence-electron chi connectivity index (χ4n) is 4.41. The van der Waals surface area contributed by atoms with Crippen LogP contribution in [0.2, 0.25) is 0 Å². The molecule has 0 spiro atoms. The van der Waals surface area contributed by atoms with E-state index in [0.29, 0.717) is 6.04 Å². The smallest absolute Gasteiger partial charge is 0.144 e. The Hall–Kier alpha value is -2.10. The zero-order valence-electron chi connectivity index (χ0n) is 14.5. The number of rotatable bonds is 3. The second-order valence-electron chi connectivity index (χ2n) is 7.38. The molecule has 4 nitrogen and oxygen atoms in total. The van der Waals surface area contributed by atoms with Crippen molar-refractivity contribution >= 4 is 27.8 Å². The fourth-order valence-corrected chi connectivity index (χ4v) is 4.41. The van der Waals surface area contributed by atoms with Crippen LogP contribution in [0, 0.1) is 6.92 Å². The molecule has 4 heteroatoms. The molecular weight excluding hydrogens is 296 g/mol. The van der Waals surface area contributed by atoms with Crippen molar-refractivity contribution in [3.8, 4) is 0 Å². The first-order valence-electron chi connectivity index (χ1n) is 9.32. The van der Waals surface area contributed by atoms with Crippen LogP contribution in [0.4, 0.5) is 5.82 Å². The highest BCUT2D eigenvalue weighted by atomic mass is 15.2. The lowest BCUT2D eigenvalue weighted by Gasteiger charge is -2.25. The average Bonchev–Trinajstić information content (AvgIpc) is 3.19. The number of fused-ring (bicyclic) bond motifs is 3. The molecule has 1 aliphatic carbocycles. The third-order valence-corrected chi connectivity index (χ3v) is 5.75. The third kappa shape index (κ3) is 2.05. The van der Waals surface area contributed by atoms with E-state index >= 15 is 0 Å². The minimum Gasteiger partial charge on any atom is -0.353 e. The molecule has 0 radical (unpaired) electrons. The van der Waals surface area contributed by atoms with Gasteiger partial charge < -0.3 is 9.88 Å². The Balaban J connectivity index is 1.80. The maximum atomic E-state index is 4.89. The lowest BCUT2D eigenvalue weighted by Crippen LogP contribution is -2.29. The van der Waals surface area contributed by atoms with E-state index in [1.807, 2.05) is 6.92 Å². The molecule has 2 aromatic heterocycles. The Labute approximate surface area is 142 Å². The summed E-state index contributed by atoms with van der Waals surface area (Å²) in [6, 6.07) is 7.33. The van der Waals surface area contributed by atoms with Crippen LogP contribution in [0.25, 0.3) is 21.9 Å². The number of hydrogen-bond donors (Lipinski definition) is 1. The van der Waals surface area contributed by atoms with Gasteiger partial charge in [0.25, 0.3) is 0 Å². The summed E-state index contributed by atoms with van der Waals surface area (Å²) in [7, 11) is 0. The molecule has 24 heavy (non-hydrogen) atoms. The van der Waals surface area contributed by atoms with Crippen LogP contribution in [0.1, 0.15) is 56.3 Å². The topological polar surface area (TPSA) is 44.8 Å². The van der Waals surface area contributed by atoms with E-state index in [-0.39, 0.29) is 0 Å². The average molecular weight is 320 g/mol. The summed E-state index contributed by atoms with van der Waals surface area (Å²) < 4.78 is 0. The SMILES string of the molecule is CCC1CCCN1c1nc(C)nc2[nH]c3c(C4CC4)cccc3c12. The Morgan fingerprint density at radius 1 is 1.21 bits per heavy atom. The van der Waals surface area contributed by atoms with Crippen LogP contribution in [0.15, 0.2) is 18.2 Å². The molecule has 3 aromatic rings. The largest absolute Gasteiger partial charge is 0.353 e. The Kier molecular flexibility index (Phi) is 3.09. The number of aryl methyl sites for hydroxylation is 1. The van der Waals surface area contributed by atoms with Gasteiger partial charge in [-0.25, -0.2) is 9.97 Å². The molecule has 2 aliphatic rings. The number of aromatic amines is 1. The molecule has 1 aromatic carbocycles. The lowest BCUT2D eigenvalue weighted by molar-refractivity contribution is 0.641. The summed E-state index contributed by atoms with van der Waals surface area (Å²) >= 11 is 0. The Morgan fingerprint density at radius 2 is 2.08 bits per heavy atom. The standard InChI is InChI=1S/C20H24N4/c1-3-14-6-5-11-24(14)20-17-16-8-4-7-15(13-9-10-13)18(16)23-19(17)21-12(2)22-20/h4,7-8,13-14H,3,5-6,9-11H2,1-2H3,(H,21,22,23). The van der Waals surface area contributed by atoms with E-state index in [2.05, 4.69) is 35.0 Å². The van der Waals surface area contributed by atoms with Crippen LogP contribution < -0.4 is 4.90 Å². The van der Waals surface area contributed by atoms with Crippen molar-refractivity contribution in [1.82, 2.24) is 15.0 Å². The third-order valence-electron chi connectivity index (χ3n) is 5.75. The van der Waals surface area contributed by atoms with Crippen molar-refractivity contribution in [2.24, 2.45) is 0 Å². The predicted octanol–water partition coefficient (Wildman–Crippen LogP) is 4.68. The van der Waals surface area contributed by atoms with E-state index < -0.39 is 0 Å². The molecule has 1 saturated carbocycles. The zero-order chi connectivity index (χ0) is 16.3. The summed E-state index contributed by atoms with van der Waals surface area (Å²) in [6.07, 6.45) is 6.35. The van der Waals surface area contributed by atoms with Crippen LogP contribution in [0.5, 0.6) is 0 Å². The lowest BCUT2D eigenvalue weighted by atomic mass is 10.1. The van der Waals surface area contributed by atoms with Crippen LogP contribution in [-0.4, -0.2) is 27.5 Å². The van der Waals surface area contributed by atoms with E-state index in [4.69, 9.17) is 9.97 Å². The van der Waals surface area contributed by atoms with Gasteiger partial charge in [-0.1, -0.05) is 25.1 Å². The summed E-state index contributed by atoms with van der Waals surface area (Å²) in [4.78, 5) is 15.8. The van der Waals surface area contributed by atoms with E-state index in [1.54, 1.807) is 0 Å². The number of benzene rings is 1. The van der Waals surface area contributed by atoms with Crippen molar-refractivity contribution in [3.63, 3.8) is 0 Å². The van der Waals surface area contributed by atoms with Crippen molar-refractivity contribution in [2.45, 2.75) is 57.9 Å². The van der Waals surface area contributed by atoms with Crippen LogP contribution in [-0.2, 0) is 0 Å². The van der Waals surface area contributed by atoms with Crippen LogP contribution in [0.3, 0.4) is 0 Å². The summed E-state index contributed by atoms with van der Waals surface area (Å²) in [5, 5.41) is 2.52. The molecule has 1 aliphatic heterocycles. The maximum Gasteiger partial charge on any atom is 0.144 e. The highest BCUT2D eigenvalue weighted by molar-refractivity contribution is 6.12. The molecule has 1 atom stereocenters. The quantitative estimate of drug-likeness (QED) is 0.762. The molecule has 3 heterocycles. The molecule has 5 rings (SSSR count). The van der Waals surface area contributed by atoms with Crippen molar-refractivity contribution < 1.29 is 0 Å². The van der Waals surface area contributed by atoms with Gasteiger partial charge in [-0.05, 0) is 50.5 Å². The number of H-pyrrole nitrogens is 1. The minimum absolute atomic E-state index is 0.610. The second-order valence-corrected chi connectivity index (χ2v) is 7.38. The van der Waals surface area contributed by atoms with E-state index in [0.717, 1.165) is 29.8 Å². The molecule has 2 fully saturated rings. The molecular formula is C20H24N4. The number of hydrogen-bond acceptors (Lipinski definition) is 3. The monoisotopic (exact) mass is 320 g/mol. The normalized spacial score (nSPS) is 21.2. The van der Waals surface area contributed by atoms with Gasteiger partial charge in [0.05, 0.1) is 10.9 Å². The number of nitrogens with one attached hydrogen (secondary N) is 1. The first kappa shape index (κ1) is 14.3. The van der Waals surface area contributed by atoms with Crippen molar-refractivity contribution in [2.75, 3.05) is 11.4 Å². The Morgan fingerprint density at radius 3 is 2.88 bits per heavy atom. The number of anilines is 1. The van der Waals surface area contributed by atoms with Gasteiger partial charge in [0.15, 0.2) is 0 Å². The highest BCUT2D eigenvalue weighted by Gasteiger charge is 2.30.